The Balaban J connectivity index is 1.43. The van der Waals surface area contributed by atoms with E-state index in [4.69, 9.17) is 0 Å². The van der Waals surface area contributed by atoms with Crippen LogP contribution < -0.4 is 10.2 Å². The molecule has 3 aromatic rings. The van der Waals surface area contributed by atoms with E-state index < -0.39 is 0 Å². The van der Waals surface area contributed by atoms with Crippen molar-refractivity contribution in [2.75, 3.05) is 43.4 Å². The van der Waals surface area contributed by atoms with E-state index in [-0.39, 0.29) is 5.91 Å². The molecule has 28 heavy (non-hydrogen) atoms. The third-order valence-electron chi connectivity index (χ3n) is 5.63. The first-order valence-electron chi connectivity index (χ1n) is 9.91. The van der Waals surface area contributed by atoms with Crippen molar-refractivity contribution in [1.29, 1.82) is 0 Å². The topological polar surface area (TPSA) is 51.4 Å². The van der Waals surface area contributed by atoms with Crippen molar-refractivity contribution in [1.82, 2.24) is 9.88 Å². The molecule has 2 N–H and O–H groups in total. The van der Waals surface area contributed by atoms with Crippen LogP contribution in [0.5, 0.6) is 0 Å². The summed E-state index contributed by atoms with van der Waals surface area (Å²) in [7, 11) is 2.16. The number of aromatic amines is 1. The Hall–Kier alpha value is -2.79. The standard InChI is InChI=1S/C23H28N4O/c1-16-4-9-22-21(14-16)20(17(2)24-22)15-23(28)25-18-5-7-19(8-6-18)27-12-10-26(3)11-13-27/h4-9,14,24H,10-13,15H2,1-3H3,(H,25,28). The van der Waals surface area contributed by atoms with E-state index >= 15 is 0 Å². The van der Waals surface area contributed by atoms with Crippen molar-refractivity contribution < 1.29 is 4.79 Å². The van der Waals surface area contributed by atoms with Gasteiger partial charge in [-0.25, -0.2) is 0 Å². The van der Waals surface area contributed by atoms with Gasteiger partial charge in [0.1, 0.15) is 0 Å². The van der Waals surface area contributed by atoms with Gasteiger partial charge in [-0.2, -0.15) is 0 Å². The molecule has 1 aliphatic heterocycles. The number of carbonyl (C=O) groups is 1. The molecule has 2 aromatic carbocycles. The van der Waals surface area contributed by atoms with Crippen LogP contribution in [-0.2, 0) is 11.2 Å². The molecule has 5 heteroatoms. The molecule has 1 saturated heterocycles. The molecule has 2 heterocycles. The third kappa shape index (κ3) is 3.90. The zero-order valence-electron chi connectivity index (χ0n) is 16.9. The summed E-state index contributed by atoms with van der Waals surface area (Å²) in [5, 5.41) is 4.18. The molecule has 1 aliphatic rings. The number of carbonyl (C=O) groups excluding carboxylic acids is 1. The summed E-state index contributed by atoms with van der Waals surface area (Å²) >= 11 is 0. The zero-order valence-corrected chi connectivity index (χ0v) is 16.9. The van der Waals surface area contributed by atoms with Crippen molar-refractivity contribution in [3.63, 3.8) is 0 Å². The number of H-pyrrole nitrogens is 1. The number of rotatable bonds is 4. The van der Waals surface area contributed by atoms with Crippen LogP contribution in [-0.4, -0.2) is 49.0 Å². The van der Waals surface area contributed by atoms with Gasteiger partial charge in [0.05, 0.1) is 6.42 Å². The minimum atomic E-state index is 0.0119. The minimum Gasteiger partial charge on any atom is -0.369 e. The maximum atomic E-state index is 12.6. The van der Waals surface area contributed by atoms with Crippen molar-refractivity contribution in [2.45, 2.75) is 20.3 Å². The number of benzene rings is 2. The van der Waals surface area contributed by atoms with Gasteiger partial charge in [0.25, 0.3) is 0 Å². The largest absolute Gasteiger partial charge is 0.369 e. The predicted molar refractivity (Wildman–Crippen MR) is 116 cm³/mol. The highest BCUT2D eigenvalue weighted by molar-refractivity contribution is 5.96. The Morgan fingerprint density at radius 3 is 2.46 bits per heavy atom. The second-order valence-electron chi connectivity index (χ2n) is 7.84. The van der Waals surface area contributed by atoms with Crippen molar-refractivity contribution >= 4 is 28.2 Å². The Morgan fingerprint density at radius 1 is 1.04 bits per heavy atom. The maximum absolute atomic E-state index is 12.6. The summed E-state index contributed by atoms with van der Waals surface area (Å²) in [4.78, 5) is 20.8. The smallest absolute Gasteiger partial charge is 0.228 e. The van der Waals surface area contributed by atoms with Gasteiger partial charge >= 0.3 is 0 Å². The molecular weight excluding hydrogens is 348 g/mol. The molecule has 146 valence electrons. The van der Waals surface area contributed by atoms with Crippen LogP contribution in [0.25, 0.3) is 10.9 Å². The first-order chi connectivity index (χ1) is 13.5. The van der Waals surface area contributed by atoms with Gasteiger partial charge < -0.3 is 20.1 Å². The van der Waals surface area contributed by atoms with Gasteiger partial charge in [0.2, 0.25) is 5.91 Å². The lowest BCUT2D eigenvalue weighted by Crippen LogP contribution is -2.44. The lowest BCUT2D eigenvalue weighted by Gasteiger charge is -2.34. The zero-order chi connectivity index (χ0) is 19.7. The van der Waals surface area contributed by atoms with E-state index in [1.807, 2.05) is 19.1 Å². The highest BCUT2D eigenvalue weighted by Gasteiger charge is 2.15. The van der Waals surface area contributed by atoms with Gasteiger partial charge in [0.15, 0.2) is 0 Å². The molecule has 0 spiro atoms. The summed E-state index contributed by atoms with van der Waals surface area (Å²) in [5.41, 5.74) is 6.48. The summed E-state index contributed by atoms with van der Waals surface area (Å²) in [6, 6.07) is 14.5. The highest BCUT2D eigenvalue weighted by atomic mass is 16.1. The lowest BCUT2D eigenvalue weighted by molar-refractivity contribution is -0.115. The van der Waals surface area contributed by atoms with E-state index in [0.717, 1.165) is 54.0 Å². The van der Waals surface area contributed by atoms with E-state index in [1.54, 1.807) is 0 Å². The molecule has 0 aliphatic carbocycles. The Bertz CT molecular complexity index is 982. The number of aromatic nitrogens is 1. The maximum Gasteiger partial charge on any atom is 0.228 e. The normalized spacial score (nSPS) is 15.2. The minimum absolute atomic E-state index is 0.0119. The van der Waals surface area contributed by atoms with Gasteiger partial charge in [-0.05, 0) is 62.9 Å². The third-order valence-corrected chi connectivity index (χ3v) is 5.63. The van der Waals surface area contributed by atoms with Gasteiger partial charge in [-0.15, -0.1) is 0 Å². The van der Waals surface area contributed by atoms with Crippen LogP contribution in [0.15, 0.2) is 42.5 Å². The van der Waals surface area contributed by atoms with Gasteiger partial charge in [-0.3, -0.25) is 4.79 Å². The van der Waals surface area contributed by atoms with E-state index in [1.165, 1.54) is 11.3 Å². The van der Waals surface area contributed by atoms with Crippen LogP contribution in [0.3, 0.4) is 0 Å². The molecule has 1 aromatic heterocycles. The molecule has 1 fully saturated rings. The Kier molecular flexibility index (Phi) is 5.09. The average Bonchev–Trinajstić information content (AvgIpc) is 2.98. The summed E-state index contributed by atoms with van der Waals surface area (Å²) in [6.07, 6.45) is 0.371. The van der Waals surface area contributed by atoms with E-state index in [9.17, 15) is 4.79 Å². The number of piperazine rings is 1. The van der Waals surface area contributed by atoms with Crippen molar-refractivity contribution in [3.05, 3.63) is 59.3 Å². The summed E-state index contributed by atoms with van der Waals surface area (Å²) in [6.45, 7) is 8.36. The second kappa shape index (κ2) is 7.68. The Morgan fingerprint density at radius 2 is 1.75 bits per heavy atom. The number of fused-ring (bicyclic) bond motifs is 1. The molecule has 0 unspecified atom stereocenters. The van der Waals surface area contributed by atoms with Crippen LogP contribution in [0.4, 0.5) is 11.4 Å². The number of anilines is 2. The predicted octanol–water partition coefficient (Wildman–Crippen LogP) is 3.72. The number of amides is 1. The van der Waals surface area contributed by atoms with Crippen molar-refractivity contribution in [2.24, 2.45) is 0 Å². The Labute approximate surface area is 166 Å². The number of hydrogen-bond donors (Lipinski definition) is 2. The summed E-state index contributed by atoms with van der Waals surface area (Å²) < 4.78 is 0. The summed E-state index contributed by atoms with van der Waals surface area (Å²) in [5.74, 6) is 0.0119. The molecule has 5 nitrogen and oxygen atoms in total. The molecule has 0 saturated carbocycles. The van der Waals surface area contributed by atoms with E-state index in [2.05, 4.69) is 64.4 Å². The number of aryl methyl sites for hydroxylation is 2. The second-order valence-corrected chi connectivity index (χ2v) is 7.84. The van der Waals surface area contributed by atoms with Gasteiger partial charge in [-0.1, -0.05) is 11.6 Å². The first kappa shape index (κ1) is 18.6. The fourth-order valence-corrected chi connectivity index (χ4v) is 3.91. The fourth-order valence-electron chi connectivity index (χ4n) is 3.91. The lowest BCUT2D eigenvalue weighted by atomic mass is 10.1. The van der Waals surface area contributed by atoms with E-state index in [0.29, 0.717) is 6.42 Å². The highest BCUT2D eigenvalue weighted by Crippen LogP contribution is 2.24. The van der Waals surface area contributed by atoms with Crippen molar-refractivity contribution in [3.8, 4) is 0 Å². The number of nitrogens with one attached hydrogen (secondary N) is 2. The van der Waals surface area contributed by atoms with Crippen LogP contribution in [0, 0.1) is 13.8 Å². The number of hydrogen-bond acceptors (Lipinski definition) is 3. The molecule has 0 atom stereocenters. The quantitative estimate of drug-likeness (QED) is 0.730. The SMILES string of the molecule is Cc1ccc2[nH]c(C)c(CC(=O)Nc3ccc(N4CCN(C)CC4)cc3)c2c1. The molecule has 0 radical (unpaired) electrons. The van der Waals surface area contributed by atoms with Gasteiger partial charge in [0, 0.05) is 54.2 Å². The number of likely N-dealkylation sites (N-methyl/N-ethyl adjacent to an activating group) is 1. The molecule has 1 amide bonds. The first-order valence-corrected chi connectivity index (χ1v) is 9.91. The molecular formula is C23H28N4O. The average molecular weight is 377 g/mol. The van der Waals surface area contributed by atoms with Crippen LogP contribution in [0.2, 0.25) is 0 Å². The molecule has 0 bridgehead atoms. The monoisotopic (exact) mass is 376 g/mol. The van der Waals surface area contributed by atoms with Crippen LogP contribution in [0.1, 0.15) is 16.8 Å². The fraction of sp³-hybridized carbons (Fsp3) is 0.348. The van der Waals surface area contributed by atoms with Crippen LogP contribution >= 0.6 is 0 Å². The number of nitrogens with zero attached hydrogens (tertiary/aromatic N) is 2. The molecule has 4 rings (SSSR count).